The average Bonchev–Trinajstić information content (AvgIpc) is 3.36. The van der Waals surface area contributed by atoms with E-state index in [9.17, 15) is 29.1 Å². The number of carboxylic acid groups (broad SMARTS) is 1. The van der Waals surface area contributed by atoms with Crippen molar-refractivity contribution in [1.29, 1.82) is 0 Å². The zero-order chi connectivity index (χ0) is 31.9. The number of hydrogen-bond acceptors (Lipinski definition) is 8. The van der Waals surface area contributed by atoms with E-state index in [1.54, 1.807) is 6.20 Å². The molecule has 236 valence electrons. The summed E-state index contributed by atoms with van der Waals surface area (Å²) in [4.78, 5) is 69.6. The number of nitrogens with one attached hydrogen (secondary N) is 4. The second kappa shape index (κ2) is 17.3. The molecule has 2 aromatic rings. The molecule has 0 fully saturated rings. The minimum atomic E-state index is -1.59. The number of rotatable bonds is 19. The fourth-order valence-electron chi connectivity index (χ4n) is 4.37. The van der Waals surface area contributed by atoms with Gasteiger partial charge in [0.1, 0.15) is 18.1 Å². The van der Waals surface area contributed by atoms with Crippen molar-refractivity contribution in [3.05, 3.63) is 36.0 Å². The van der Waals surface area contributed by atoms with Crippen molar-refractivity contribution in [3.63, 3.8) is 0 Å². The quantitative estimate of drug-likeness (QED) is 0.0463. The number of carbonyl (C=O) groups is 5. The minimum absolute atomic E-state index is 0.0544. The third-order valence-electron chi connectivity index (χ3n) is 6.64. The molecule has 0 saturated carbocycles. The maximum atomic E-state index is 13.6. The fourth-order valence-corrected chi connectivity index (χ4v) is 4.37. The van der Waals surface area contributed by atoms with Crippen LogP contribution in [0, 0.1) is 0 Å². The van der Waals surface area contributed by atoms with E-state index < -0.39 is 60.2 Å². The zero-order valence-corrected chi connectivity index (χ0v) is 23.9. The molecule has 15 N–H and O–H groups in total. The number of carbonyl (C=O) groups excluding carboxylic acids is 4. The number of aliphatic carboxylic acids is 1. The van der Waals surface area contributed by atoms with Crippen molar-refractivity contribution < 1.29 is 29.1 Å². The molecule has 0 bridgehead atoms. The Kier molecular flexibility index (Phi) is 13.9. The number of nitrogens with zero attached hydrogens (tertiary/aromatic N) is 1. The van der Waals surface area contributed by atoms with Gasteiger partial charge in [-0.15, -0.1) is 0 Å². The molecule has 16 heteroatoms. The number of benzene rings is 1. The van der Waals surface area contributed by atoms with Gasteiger partial charge in [-0.25, -0.2) is 4.79 Å². The number of H-pyrrole nitrogens is 1. The van der Waals surface area contributed by atoms with Gasteiger partial charge in [-0.05, 0) is 50.3 Å². The fraction of sp³-hybridized carbons (Fsp3) is 0.481. The van der Waals surface area contributed by atoms with Gasteiger partial charge in [-0.2, -0.15) is 0 Å². The Hall–Kier alpha value is -4.70. The van der Waals surface area contributed by atoms with Crippen molar-refractivity contribution in [2.24, 2.45) is 33.7 Å². The predicted molar refractivity (Wildman–Crippen MR) is 160 cm³/mol. The number of amides is 4. The molecule has 0 radical (unpaired) electrons. The van der Waals surface area contributed by atoms with Crippen LogP contribution in [0.2, 0.25) is 0 Å². The number of primary amides is 1. The highest BCUT2D eigenvalue weighted by atomic mass is 16.4. The number of aromatic amines is 1. The molecule has 1 aromatic heterocycles. The van der Waals surface area contributed by atoms with Gasteiger partial charge in [0.05, 0.1) is 12.5 Å². The maximum Gasteiger partial charge on any atom is 0.326 e. The summed E-state index contributed by atoms with van der Waals surface area (Å²) in [7, 11) is 0. The molecule has 4 amide bonds. The molecule has 43 heavy (non-hydrogen) atoms. The maximum absolute atomic E-state index is 13.6. The molecule has 1 aromatic carbocycles. The Labute approximate surface area is 248 Å². The summed E-state index contributed by atoms with van der Waals surface area (Å²) in [6.45, 7) is 0.608. The van der Waals surface area contributed by atoms with Crippen LogP contribution in [-0.2, 0) is 30.4 Å². The summed E-state index contributed by atoms with van der Waals surface area (Å²) in [5.41, 5.74) is 29.0. The van der Waals surface area contributed by atoms with Gasteiger partial charge in [0, 0.05) is 30.1 Å². The van der Waals surface area contributed by atoms with Gasteiger partial charge in [0.2, 0.25) is 23.6 Å². The summed E-state index contributed by atoms with van der Waals surface area (Å²) in [5, 5.41) is 17.8. The van der Waals surface area contributed by atoms with Crippen LogP contribution >= 0.6 is 0 Å². The topological polar surface area (TPSA) is 300 Å². The first kappa shape index (κ1) is 34.5. The van der Waals surface area contributed by atoms with Crippen LogP contribution in [0.4, 0.5) is 0 Å². The van der Waals surface area contributed by atoms with E-state index in [4.69, 9.17) is 28.7 Å². The zero-order valence-electron chi connectivity index (χ0n) is 23.9. The lowest BCUT2D eigenvalue weighted by Crippen LogP contribution is -2.57. The summed E-state index contributed by atoms with van der Waals surface area (Å²) in [5.74, 6) is -4.58. The molecule has 0 aliphatic rings. The molecule has 2 rings (SSSR count). The van der Waals surface area contributed by atoms with E-state index in [0.717, 1.165) is 16.5 Å². The van der Waals surface area contributed by atoms with E-state index in [2.05, 4.69) is 25.9 Å². The van der Waals surface area contributed by atoms with E-state index in [1.807, 2.05) is 24.3 Å². The average molecular weight is 603 g/mol. The molecule has 0 aliphatic heterocycles. The van der Waals surface area contributed by atoms with Gasteiger partial charge >= 0.3 is 5.97 Å². The summed E-state index contributed by atoms with van der Waals surface area (Å²) in [6.07, 6.45) is 2.89. The number of guanidine groups is 1. The number of fused-ring (bicyclic) bond motifs is 1. The molecule has 4 unspecified atom stereocenters. The number of unbranched alkanes of at least 4 members (excludes halogenated alkanes) is 1. The molecule has 1 heterocycles. The number of aromatic nitrogens is 1. The van der Waals surface area contributed by atoms with E-state index in [0.29, 0.717) is 25.8 Å². The van der Waals surface area contributed by atoms with Crippen molar-refractivity contribution in [2.75, 3.05) is 13.1 Å². The lowest BCUT2D eigenvalue weighted by Gasteiger charge is -2.25. The number of aliphatic imine (C=N–C) groups is 1. The van der Waals surface area contributed by atoms with Crippen LogP contribution in [0.1, 0.15) is 44.1 Å². The lowest BCUT2D eigenvalue weighted by molar-refractivity contribution is -0.143. The van der Waals surface area contributed by atoms with Crippen molar-refractivity contribution in [2.45, 2.75) is 69.1 Å². The summed E-state index contributed by atoms with van der Waals surface area (Å²) >= 11 is 0. The standard InChI is InChI=1S/C27H42N10O6/c28-10-4-3-9-19(24(40)37-21(26(42)43)13-22(30)38)35-25(41)20(12-15-14-34-18-8-2-1-6-16(15)18)36-23(39)17(29)7-5-11-33-27(31)32/h1-2,6,8,14,17,19-21,34H,3-5,7,9-13,28-29H2,(H2,30,38)(H,35,41)(H,36,39)(H,37,40)(H,42,43)(H4,31,32,33). The third kappa shape index (κ3) is 11.6. The van der Waals surface area contributed by atoms with E-state index in [-0.39, 0.29) is 31.8 Å². The molecule has 4 atom stereocenters. The van der Waals surface area contributed by atoms with Crippen molar-refractivity contribution in [1.82, 2.24) is 20.9 Å². The number of carboxylic acids is 1. The number of para-hydroxylation sites is 1. The Morgan fingerprint density at radius 3 is 2.16 bits per heavy atom. The van der Waals surface area contributed by atoms with Crippen LogP contribution in [-0.4, -0.2) is 82.9 Å². The monoisotopic (exact) mass is 602 g/mol. The SMILES string of the molecule is NCCCCC(NC(=O)C(Cc1c[nH]c2ccccc12)NC(=O)C(N)CCCN=C(N)N)C(=O)NC(CC(N)=O)C(=O)O. The highest BCUT2D eigenvalue weighted by molar-refractivity contribution is 5.95. The molecular formula is C27H42N10O6. The summed E-state index contributed by atoms with van der Waals surface area (Å²) < 4.78 is 0. The largest absolute Gasteiger partial charge is 0.480 e. The second-order valence-corrected chi connectivity index (χ2v) is 10.1. The third-order valence-corrected chi connectivity index (χ3v) is 6.64. The van der Waals surface area contributed by atoms with Crippen molar-refractivity contribution in [3.8, 4) is 0 Å². The first-order chi connectivity index (χ1) is 20.4. The molecule has 16 nitrogen and oxygen atoms in total. The summed E-state index contributed by atoms with van der Waals surface area (Å²) in [6, 6.07) is 2.51. The van der Waals surface area contributed by atoms with Crippen LogP contribution < -0.4 is 44.6 Å². The van der Waals surface area contributed by atoms with Crippen molar-refractivity contribution >= 4 is 46.5 Å². The first-order valence-corrected chi connectivity index (χ1v) is 13.9. The molecular weight excluding hydrogens is 560 g/mol. The van der Waals surface area contributed by atoms with Crippen LogP contribution in [0.5, 0.6) is 0 Å². The van der Waals surface area contributed by atoms with Gasteiger partial charge in [-0.1, -0.05) is 18.2 Å². The normalized spacial score (nSPS) is 13.7. The second-order valence-electron chi connectivity index (χ2n) is 10.1. The van der Waals surface area contributed by atoms with Crippen LogP contribution in [0.15, 0.2) is 35.5 Å². The molecule has 0 aliphatic carbocycles. The Bertz CT molecular complexity index is 1290. The Morgan fingerprint density at radius 1 is 0.860 bits per heavy atom. The van der Waals surface area contributed by atoms with Gasteiger partial charge in [-0.3, -0.25) is 24.2 Å². The Balaban J connectivity index is 2.27. The molecule has 0 spiro atoms. The van der Waals surface area contributed by atoms with Gasteiger partial charge < -0.3 is 54.7 Å². The van der Waals surface area contributed by atoms with Crippen LogP contribution in [0.25, 0.3) is 10.9 Å². The van der Waals surface area contributed by atoms with Gasteiger partial charge in [0.25, 0.3) is 0 Å². The van der Waals surface area contributed by atoms with Gasteiger partial charge in [0.15, 0.2) is 5.96 Å². The number of nitrogens with two attached hydrogens (primary N) is 5. The smallest absolute Gasteiger partial charge is 0.326 e. The lowest BCUT2D eigenvalue weighted by atomic mass is 10.0. The van der Waals surface area contributed by atoms with Crippen LogP contribution in [0.3, 0.4) is 0 Å². The first-order valence-electron chi connectivity index (χ1n) is 13.9. The van der Waals surface area contributed by atoms with E-state index in [1.165, 1.54) is 0 Å². The predicted octanol–water partition coefficient (Wildman–Crippen LogP) is -2.37. The highest BCUT2D eigenvalue weighted by Crippen LogP contribution is 2.19. The minimum Gasteiger partial charge on any atom is -0.480 e. The molecule has 0 saturated heterocycles. The Morgan fingerprint density at radius 2 is 1.51 bits per heavy atom. The van der Waals surface area contributed by atoms with E-state index >= 15 is 0 Å². The number of hydrogen-bond donors (Lipinski definition) is 10. The highest BCUT2D eigenvalue weighted by Gasteiger charge is 2.31.